The summed E-state index contributed by atoms with van der Waals surface area (Å²) in [4.78, 5) is 36.7. The standard InChI is InChI=1S/C29H31N3O6/c1-18(2)27(31-26(33)17-37-21-12-11-19-7-3-4-8-20(19)15-21)28(34)32-30-16-22-13-14-25(38-22)23-9-5-6-10-24(23)29(35)36/h5-6,9-16,18,27H,3-4,7-8,17H2,1-2H3,(H,31,33)(H,32,34)(H,35,36)/b30-16-/t27-/m1/s1. The Morgan fingerprint density at radius 2 is 1.82 bits per heavy atom. The first-order valence-corrected chi connectivity index (χ1v) is 12.6. The highest BCUT2D eigenvalue weighted by atomic mass is 16.5. The minimum atomic E-state index is -1.06. The molecule has 2 amide bonds. The second-order valence-corrected chi connectivity index (χ2v) is 9.50. The molecule has 198 valence electrons. The fourth-order valence-corrected chi connectivity index (χ4v) is 4.38. The van der Waals surface area contributed by atoms with Gasteiger partial charge in [0.05, 0.1) is 11.8 Å². The van der Waals surface area contributed by atoms with Gasteiger partial charge in [-0.15, -0.1) is 0 Å². The smallest absolute Gasteiger partial charge is 0.336 e. The van der Waals surface area contributed by atoms with E-state index in [0.717, 1.165) is 19.3 Å². The van der Waals surface area contributed by atoms with Gasteiger partial charge < -0.3 is 19.6 Å². The summed E-state index contributed by atoms with van der Waals surface area (Å²) in [5.41, 5.74) is 5.57. The molecule has 0 radical (unpaired) electrons. The van der Waals surface area contributed by atoms with Crippen molar-refractivity contribution in [3.05, 3.63) is 77.0 Å². The van der Waals surface area contributed by atoms with Gasteiger partial charge in [0.2, 0.25) is 0 Å². The van der Waals surface area contributed by atoms with E-state index >= 15 is 0 Å². The number of hydrogen-bond acceptors (Lipinski definition) is 6. The predicted octanol–water partition coefficient (Wildman–Crippen LogP) is 4.19. The van der Waals surface area contributed by atoms with E-state index in [1.807, 2.05) is 26.0 Å². The lowest BCUT2D eigenvalue weighted by atomic mass is 9.92. The number of benzene rings is 2. The van der Waals surface area contributed by atoms with Crippen molar-refractivity contribution in [3.63, 3.8) is 0 Å². The quantitative estimate of drug-likeness (QED) is 0.273. The van der Waals surface area contributed by atoms with Crippen LogP contribution < -0.4 is 15.5 Å². The molecule has 1 aromatic heterocycles. The minimum absolute atomic E-state index is 0.116. The summed E-state index contributed by atoms with van der Waals surface area (Å²) < 4.78 is 11.3. The fourth-order valence-electron chi connectivity index (χ4n) is 4.38. The van der Waals surface area contributed by atoms with Crippen LogP contribution in [0.4, 0.5) is 0 Å². The number of hydrazone groups is 1. The van der Waals surface area contributed by atoms with Crippen LogP contribution in [0.1, 0.15) is 53.9 Å². The minimum Gasteiger partial charge on any atom is -0.484 e. The van der Waals surface area contributed by atoms with Crippen LogP contribution in [0, 0.1) is 5.92 Å². The van der Waals surface area contributed by atoms with Gasteiger partial charge in [-0.1, -0.05) is 38.1 Å². The Labute approximate surface area is 220 Å². The third kappa shape index (κ3) is 6.67. The Morgan fingerprint density at radius 1 is 1.05 bits per heavy atom. The van der Waals surface area contributed by atoms with Crippen molar-refractivity contribution < 1.29 is 28.6 Å². The monoisotopic (exact) mass is 517 g/mol. The molecule has 0 unspecified atom stereocenters. The molecule has 4 rings (SSSR count). The Hall–Kier alpha value is -4.40. The number of rotatable bonds is 10. The van der Waals surface area contributed by atoms with Gasteiger partial charge in [-0.05, 0) is 73.1 Å². The highest BCUT2D eigenvalue weighted by molar-refractivity contribution is 5.95. The normalized spacial score (nSPS) is 13.7. The topological polar surface area (TPSA) is 130 Å². The molecular formula is C29H31N3O6. The molecule has 0 saturated carbocycles. The van der Waals surface area contributed by atoms with Gasteiger partial charge in [-0.3, -0.25) is 9.59 Å². The van der Waals surface area contributed by atoms with E-state index in [1.54, 1.807) is 30.3 Å². The number of ether oxygens (including phenoxy) is 1. The molecule has 1 heterocycles. The first kappa shape index (κ1) is 26.7. The lowest BCUT2D eigenvalue weighted by Crippen LogP contribution is -2.49. The third-order valence-electron chi connectivity index (χ3n) is 6.37. The maximum atomic E-state index is 12.7. The van der Waals surface area contributed by atoms with Gasteiger partial charge in [0.25, 0.3) is 11.8 Å². The predicted molar refractivity (Wildman–Crippen MR) is 142 cm³/mol. The third-order valence-corrected chi connectivity index (χ3v) is 6.37. The van der Waals surface area contributed by atoms with Gasteiger partial charge in [0.15, 0.2) is 6.61 Å². The molecular weight excluding hydrogens is 486 g/mol. The Morgan fingerprint density at radius 3 is 2.58 bits per heavy atom. The van der Waals surface area contributed by atoms with Gasteiger partial charge in [-0.25, -0.2) is 10.2 Å². The summed E-state index contributed by atoms with van der Waals surface area (Å²) in [6, 6.07) is 14.8. The molecule has 1 aliphatic rings. The largest absolute Gasteiger partial charge is 0.484 e. The molecule has 38 heavy (non-hydrogen) atoms. The average Bonchev–Trinajstić information content (AvgIpc) is 3.39. The number of hydrogen-bond donors (Lipinski definition) is 3. The van der Waals surface area contributed by atoms with Crippen molar-refractivity contribution in [2.24, 2.45) is 11.0 Å². The number of amides is 2. The molecule has 0 aliphatic heterocycles. The van der Waals surface area contributed by atoms with Gasteiger partial charge in [0, 0.05) is 5.56 Å². The zero-order valence-electron chi connectivity index (χ0n) is 21.4. The summed E-state index contributed by atoms with van der Waals surface area (Å²) >= 11 is 0. The zero-order valence-corrected chi connectivity index (χ0v) is 21.4. The van der Waals surface area contributed by atoms with Crippen LogP contribution in [-0.2, 0) is 22.4 Å². The maximum absolute atomic E-state index is 12.7. The van der Waals surface area contributed by atoms with Crippen molar-refractivity contribution in [1.82, 2.24) is 10.7 Å². The second-order valence-electron chi connectivity index (χ2n) is 9.50. The fraction of sp³-hybridized carbons (Fsp3) is 0.310. The summed E-state index contributed by atoms with van der Waals surface area (Å²) in [7, 11) is 0. The SMILES string of the molecule is CC(C)[C@@H](NC(=O)COc1ccc2c(c1)CCCC2)C(=O)N/N=C\c1ccc(-c2ccccc2C(=O)O)o1. The number of aryl methyl sites for hydroxylation is 2. The van der Waals surface area contributed by atoms with E-state index in [1.165, 1.54) is 29.8 Å². The van der Waals surface area contributed by atoms with Crippen LogP contribution in [-0.4, -0.2) is 41.8 Å². The van der Waals surface area contributed by atoms with E-state index in [4.69, 9.17) is 9.15 Å². The van der Waals surface area contributed by atoms with E-state index in [2.05, 4.69) is 21.9 Å². The Balaban J connectivity index is 1.31. The number of furan rings is 1. The lowest BCUT2D eigenvalue weighted by Gasteiger charge is -2.21. The number of carbonyl (C=O) groups is 3. The number of carbonyl (C=O) groups excluding carboxylic acids is 2. The number of nitrogens with zero attached hydrogens (tertiary/aromatic N) is 1. The van der Waals surface area contributed by atoms with Crippen molar-refractivity contribution in [2.75, 3.05) is 6.61 Å². The van der Waals surface area contributed by atoms with E-state index in [-0.39, 0.29) is 18.1 Å². The Kier molecular flexibility index (Phi) is 8.58. The highest BCUT2D eigenvalue weighted by Gasteiger charge is 2.24. The Bertz CT molecular complexity index is 1340. The molecule has 3 N–H and O–H groups in total. The molecule has 0 fully saturated rings. The molecule has 3 aromatic rings. The molecule has 0 spiro atoms. The molecule has 0 saturated heterocycles. The number of aromatic carboxylic acids is 1. The van der Waals surface area contributed by atoms with Gasteiger partial charge in [0.1, 0.15) is 23.3 Å². The molecule has 9 nitrogen and oxygen atoms in total. The number of nitrogens with one attached hydrogen (secondary N) is 2. The van der Waals surface area contributed by atoms with Crippen LogP contribution in [0.2, 0.25) is 0 Å². The lowest BCUT2D eigenvalue weighted by molar-refractivity contribution is -0.131. The summed E-state index contributed by atoms with van der Waals surface area (Å²) in [5.74, 6) is -0.824. The number of fused-ring (bicyclic) bond motifs is 1. The number of carboxylic acid groups (broad SMARTS) is 1. The van der Waals surface area contributed by atoms with E-state index < -0.39 is 23.8 Å². The van der Waals surface area contributed by atoms with Crippen LogP contribution in [0.15, 0.2) is 64.1 Å². The van der Waals surface area contributed by atoms with Gasteiger partial charge in [-0.2, -0.15) is 5.10 Å². The molecule has 1 aliphatic carbocycles. The molecule has 0 bridgehead atoms. The first-order chi connectivity index (χ1) is 18.3. The number of carboxylic acids is 1. The highest BCUT2D eigenvalue weighted by Crippen LogP contribution is 2.26. The zero-order chi connectivity index (χ0) is 27.1. The molecule has 1 atom stereocenters. The van der Waals surface area contributed by atoms with E-state index in [0.29, 0.717) is 22.8 Å². The van der Waals surface area contributed by atoms with Crippen molar-refractivity contribution in [1.29, 1.82) is 0 Å². The van der Waals surface area contributed by atoms with Crippen molar-refractivity contribution >= 4 is 24.0 Å². The second kappa shape index (κ2) is 12.2. The molecule has 9 heteroatoms. The molecule has 2 aromatic carbocycles. The van der Waals surface area contributed by atoms with E-state index in [9.17, 15) is 19.5 Å². The maximum Gasteiger partial charge on any atom is 0.336 e. The van der Waals surface area contributed by atoms with Crippen LogP contribution in [0.25, 0.3) is 11.3 Å². The van der Waals surface area contributed by atoms with Crippen LogP contribution in [0.5, 0.6) is 5.75 Å². The van der Waals surface area contributed by atoms with Crippen LogP contribution >= 0.6 is 0 Å². The van der Waals surface area contributed by atoms with Crippen molar-refractivity contribution in [3.8, 4) is 17.1 Å². The first-order valence-electron chi connectivity index (χ1n) is 12.6. The average molecular weight is 518 g/mol. The van der Waals surface area contributed by atoms with Gasteiger partial charge >= 0.3 is 5.97 Å². The van der Waals surface area contributed by atoms with Crippen LogP contribution in [0.3, 0.4) is 0 Å². The summed E-state index contributed by atoms with van der Waals surface area (Å²) in [5, 5.41) is 16.0. The summed E-state index contributed by atoms with van der Waals surface area (Å²) in [6.45, 7) is 3.43. The van der Waals surface area contributed by atoms with Crippen molar-refractivity contribution in [2.45, 2.75) is 45.6 Å². The summed E-state index contributed by atoms with van der Waals surface area (Å²) in [6.07, 6.45) is 5.75.